The lowest BCUT2D eigenvalue weighted by molar-refractivity contribution is 0.481. The van der Waals surface area contributed by atoms with E-state index in [1.54, 1.807) is 0 Å². The Labute approximate surface area is 109 Å². The standard InChI is InChI=1S/C17H20O/c1-5-15-7-9-17(11-14(15)4)18-16-8-6-12(2)13(3)10-16/h6-11H,5H2,1-4H3. The topological polar surface area (TPSA) is 9.23 Å². The van der Waals surface area contributed by atoms with E-state index in [9.17, 15) is 0 Å². The number of hydrogen-bond donors (Lipinski definition) is 0. The molecule has 0 unspecified atom stereocenters. The van der Waals surface area contributed by atoms with E-state index >= 15 is 0 Å². The molecule has 2 aromatic carbocycles. The first kappa shape index (κ1) is 12.7. The first-order valence-electron chi connectivity index (χ1n) is 6.44. The van der Waals surface area contributed by atoms with Crippen LogP contribution in [0.15, 0.2) is 36.4 Å². The van der Waals surface area contributed by atoms with Crippen molar-refractivity contribution in [1.29, 1.82) is 0 Å². The van der Waals surface area contributed by atoms with Gasteiger partial charge in [-0.25, -0.2) is 0 Å². The average molecular weight is 240 g/mol. The van der Waals surface area contributed by atoms with Gasteiger partial charge in [0.15, 0.2) is 0 Å². The molecule has 0 amide bonds. The molecule has 94 valence electrons. The second-order valence-corrected chi connectivity index (χ2v) is 4.79. The highest BCUT2D eigenvalue weighted by atomic mass is 16.5. The largest absolute Gasteiger partial charge is 0.457 e. The minimum atomic E-state index is 0.904. The maximum Gasteiger partial charge on any atom is 0.127 e. The number of ether oxygens (including phenoxy) is 1. The molecule has 0 saturated heterocycles. The molecule has 0 radical (unpaired) electrons. The zero-order valence-electron chi connectivity index (χ0n) is 11.6. The molecule has 0 heterocycles. The van der Waals surface area contributed by atoms with Crippen LogP contribution in [0.5, 0.6) is 11.5 Å². The summed E-state index contributed by atoms with van der Waals surface area (Å²) in [5, 5.41) is 0. The molecule has 2 aromatic rings. The highest BCUT2D eigenvalue weighted by molar-refractivity contribution is 5.40. The molecule has 2 rings (SSSR count). The van der Waals surface area contributed by atoms with Crippen molar-refractivity contribution in [3.63, 3.8) is 0 Å². The second-order valence-electron chi connectivity index (χ2n) is 4.79. The van der Waals surface area contributed by atoms with Crippen LogP contribution in [-0.2, 0) is 6.42 Å². The maximum absolute atomic E-state index is 5.89. The summed E-state index contributed by atoms with van der Waals surface area (Å²) >= 11 is 0. The molecular formula is C17H20O. The molecule has 0 spiro atoms. The van der Waals surface area contributed by atoms with E-state index < -0.39 is 0 Å². The minimum Gasteiger partial charge on any atom is -0.457 e. The Morgan fingerprint density at radius 1 is 0.778 bits per heavy atom. The second kappa shape index (κ2) is 5.26. The van der Waals surface area contributed by atoms with E-state index in [2.05, 4.69) is 52.0 Å². The smallest absolute Gasteiger partial charge is 0.127 e. The summed E-state index contributed by atoms with van der Waals surface area (Å²) in [5.41, 5.74) is 5.22. The predicted molar refractivity (Wildman–Crippen MR) is 76.5 cm³/mol. The van der Waals surface area contributed by atoms with Crippen molar-refractivity contribution < 1.29 is 4.74 Å². The Kier molecular flexibility index (Phi) is 3.71. The summed E-state index contributed by atoms with van der Waals surface area (Å²) in [6.07, 6.45) is 1.07. The third-order valence-corrected chi connectivity index (χ3v) is 3.41. The quantitative estimate of drug-likeness (QED) is 0.736. The van der Waals surface area contributed by atoms with Gasteiger partial charge in [0.25, 0.3) is 0 Å². The lowest BCUT2D eigenvalue weighted by Gasteiger charge is -2.10. The van der Waals surface area contributed by atoms with E-state index in [1.807, 2.05) is 12.1 Å². The third kappa shape index (κ3) is 2.73. The fourth-order valence-electron chi connectivity index (χ4n) is 2.04. The van der Waals surface area contributed by atoms with Crippen molar-refractivity contribution in [3.05, 3.63) is 58.7 Å². The molecule has 0 fully saturated rings. The summed E-state index contributed by atoms with van der Waals surface area (Å²) in [4.78, 5) is 0. The lowest BCUT2D eigenvalue weighted by Crippen LogP contribution is -1.90. The Balaban J connectivity index is 2.23. The summed E-state index contributed by atoms with van der Waals surface area (Å²) in [5.74, 6) is 1.81. The van der Waals surface area contributed by atoms with Gasteiger partial charge in [0, 0.05) is 0 Å². The van der Waals surface area contributed by atoms with Gasteiger partial charge >= 0.3 is 0 Å². The van der Waals surface area contributed by atoms with E-state index in [1.165, 1.54) is 22.3 Å². The van der Waals surface area contributed by atoms with Gasteiger partial charge in [-0.05, 0) is 73.7 Å². The summed E-state index contributed by atoms with van der Waals surface area (Å²) in [6.45, 7) is 8.52. The van der Waals surface area contributed by atoms with Gasteiger partial charge in [0.1, 0.15) is 11.5 Å². The van der Waals surface area contributed by atoms with Gasteiger partial charge in [-0.1, -0.05) is 19.1 Å². The fraction of sp³-hybridized carbons (Fsp3) is 0.294. The Hall–Kier alpha value is -1.76. The van der Waals surface area contributed by atoms with Crippen LogP contribution in [0, 0.1) is 20.8 Å². The summed E-state index contributed by atoms with van der Waals surface area (Å²) in [7, 11) is 0. The van der Waals surface area contributed by atoms with Gasteiger partial charge in [-0.15, -0.1) is 0 Å². The minimum absolute atomic E-state index is 0.904. The van der Waals surface area contributed by atoms with Gasteiger partial charge in [0.2, 0.25) is 0 Å². The monoisotopic (exact) mass is 240 g/mol. The highest BCUT2D eigenvalue weighted by Gasteiger charge is 2.02. The first-order valence-corrected chi connectivity index (χ1v) is 6.44. The van der Waals surface area contributed by atoms with Gasteiger partial charge in [0.05, 0.1) is 0 Å². The SMILES string of the molecule is CCc1ccc(Oc2ccc(C)c(C)c2)cc1C. The molecule has 0 aromatic heterocycles. The summed E-state index contributed by atoms with van der Waals surface area (Å²) in [6, 6.07) is 12.5. The van der Waals surface area contributed by atoms with E-state index in [0.29, 0.717) is 0 Å². The van der Waals surface area contributed by atoms with Crippen molar-refractivity contribution in [2.24, 2.45) is 0 Å². The maximum atomic E-state index is 5.89. The molecule has 0 aliphatic rings. The number of hydrogen-bond acceptors (Lipinski definition) is 1. The third-order valence-electron chi connectivity index (χ3n) is 3.41. The van der Waals surface area contributed by atoms with Gasteiger partial charge in [-0.2, -0.15) is 0 Å². The van der Waals surface area contributed by atoms with Crippen LogP contribution in [0.25, 0.3) is 0 Å². The van der Waals surface area contributed by atoms with Crippen LogP contribution < -0.4 is 4.74 Å². The molecule has 1 heteroatoms. The van der Waals surface area contributed by atoms with Crippen molar-refractivity contribution in [3.8, 4) is 11.5 Å². The molecule has 0 aliphatic heterocycles. The number of rotatable bonds is 3. The van der Waals surface area contributed by atoms with Crippen molar-refractivity contribution in [2.75, 3.05) is 0 Å². The molecule has 0 saturated carbocycles. The molecule has 0 bridgehead atoms. The molecule has 0 aliphatic carbocycles. The zero-order chi connectivity index (χ0) is 13.1. The first-order chi connectivity index (χ1) is 8.60. The van der Waals surface area contributed by atoms with Crippen LogP contribution in [0.1, 0.15) is 29.2 Å². The van der Waals surface area contributed by atoms with Crippen LogP contribution in [0.4, 0.5) is 0 Å². The molecule has 1 nitrogen and oxygen atoms in total. The van der Waals surface area contributed by atoms with Crippen molar-refractivity contribution >= 4 is 0 Å². The molecule has 0 N–H and O–H groups in total. The van der Waals surface area contributed by atoms with Crippen LogP contribution >= 0.6 is 0 Å². The Morgan fingerprint density at radius 2 is 1.39 bits per heavy atom. The molecule has 0 atom stereocenters. The average Bonchev–Trinajstić information content (AvgIpc) is 2.34. The van der Waals surface area contributed by atoms with Crippen LogP contribution in [-0.4, -0.2) is 0 Å². The van der Waals surface area contributed by atoms with Crippen LogP contribution in [0.3, 0.4) is 0 Å². The number of benzene rings is 2. The molecular weight excluding hydrogens is 220 g/mol. The Morgan fingerprint density at radius 3 is 1.94 bits per heavy atom. The van der Waals surface area contributed by atoms with E-state index in [-0.39, 0.29) is 0 Å². The van der Waals surface area contributed by atoms with Crippen molar-refractivity contribution in [2.45, 2.75) is 34.1 Å². The Bertz CT molecular complexity index is 556. The summed E-state index contributed by atoms with van der Waals surface area (Å²) < 4.78 is 5.89. The van der Waals surface area contributed by atoms with E-state index in [0.717, 1.165) is 17.9 Å². The van der Waals surface area contributed by atoms with Gasteiger partial charge in [-0.3, -0.25) is 0 Å². The number of aryl methyl sites for hydroxylation is 4. The lowest BCUT2D eigenvalue weighted by atomic mass is 10.1. The van der Waals surface area contributed by atoms with Gasteiger partial charge < -0.3 is 4.74 Å². The van der Waals surface area contributed by atoms with Crippen LogP contribution in [0.2, 0.25) is 0 Å². The molecule has 18 heavy (non-hydrogen) atoms. The van der Waals surface area contributed by atoms with E-state index in [4.69, 9.17) is 4.74 Å². The highest BCUT2D eigenvalue weighted by Crippen LogP contribution is 2.25. The zero-order valence-corrected chi connectivity index (χ0v) is 11.6. The predicted octanol–water partition coefficient (Wildman–Crippen LogP) is 4.97. The fourth-order valence-corrected chi connectivity index (χ4v) is 2.04. The normalized spacial score (nSPS) is 10.4. The van der Waals surface area contributed by atoms with Crippen molar-refractivity contribution in [1.82, 2.24) is 0 Å².